The van der Waals surface area contributed by atoms with Gasteiger partial charge < -0.3 is 14.8 Å². The number of imidazole rings is 1. The van der Waals surface area contributed by atoms with Gasteiger partial charge in [-0.05, 0) is 24.1 Å². The fourth-order valence-electron chi connectivity index (χ4n) is 3.14. The molecule has 4 rings (SSSR count). The van der Waals surface area contributed by atoms with Crippen LogP contribution in [0.3, 0.4) is 0 Å². The maximum Gasteiger partial charge on any atom is 0.269 e. The van der Waals surface area contributed by atoms with Crippen molar-refractivity contribution in [3.8, 4) is 22.8 Å². The molecule has 0 atom stereocenters. The summed E-state index contributed by atoms with van der Waals surface area (Å²) in [7, 11) is 3.22. The number of benzene rings is 2. The second-order valence-electron chi connectivity index (χ2n) is 6.46. The lowest BCUT2D eigenvalue weighted by Crippen LogP contribution is -2.26. The van der Waals surface area contributed by atoms with Gasteiger partial charge in [0.1, 0.15) is 5.69 Å². The van der Waals surface area contributed by atoms with Crippen molar-refractivity contribution in [1.29, 1.82) is 0 Å². The zero-order valence-corrected chi connectivity index (χ0v) is 17.0. The SMILES string of the molecule is COc1ccc(CCNC(=O)c2csc3nc(-c4ccccc4)cn23)cc1OC. The smallest absolute Gasteiger partial charge is 0.269 e. The maximum absolute atomic E-state index is 12.7. The van der Waals surface area contributed by atoms with Gasteiger partial charge >= 0.3 is 0 Å². The number of fused-ring (bicyclic) bond motifs is 1. The van der Waals surface area contributed by atoms with Crippen molar-refractivity contribution in [2.24, 2.45) is 0 Å². The van der Waals surface area contributed by atoms with Crippen LogP contribution in [0.4, 0.5) is 0 Å². The number of amides is 1. The minimum absolute atomic E-state index is 0.117. The van der Waals surface area contributed by atoms with Gasteiger partial charge in [0.25, 0.3) is 5.91 Å². The van der Waals surface area contributed by atoms with Gasteiger partial charge in [0.05, 0.1) is 19.9 Å². The molecule has 0 saturated heterocycles. The molecule has 0 saturated carbocycles. The third-order valence-corrected chi connectivity index (χ3v) is 5.50. The number of rotatable bonds is 7. The van der Waals surface area contributed by atoms with Crippen LogP contribution in [-0.2, 0) is 6.42 Å². The van der Waals surface area contributed by atoms with E-state index in [9.17, 15) is 4.79 Å². The highest BCUT2D eigenvalue weighted by Gasteiger charge is 2.15. The summed E-state index contributed by atoms with van der Waals surface area (Å²) in [6.45, 7) is 0.520. The molecule has 0 fully saturated rings. The highest BCUT2D eigenvalue weighted by atomic mass is 32.1. The molecule has 1 N–H and O–H groups in total. The Hall–Kier alpha value is -3.32. The summed E-state index contributed by atoms with van der Waals surface area (Å²) >= 11 is 1.46. The van der Waals surface area contributed by atoms with Gasteiger partial charge in [-0.15, -0.1) is 11.3 Å². The Labute approximate surface area is 172 Å². The Morgan fingerprint density at radius 3 is 2.66 bits per heavy atom. The second-order valence-corrected chi connectivity index (χ2v) is 7.30. The number of hydrogen-bond acceptors (Lipinski definition) is 5. The normalized spacial score (nSPS) is 10.8. The summed E-state index contributed by atoms with van der Waals surface area (Å²) in [4.78, 5) is 18.1. The van der Waals surface area contributed by atoms with Crippen LogP contribution >= 0.6 is 11.3 Å². The predicted octanol–water partition coefficient (Wildman–Crippen LogP) is 4.05. The molecule has 2 aromatic carbocycles. The van der Waals surface area contributed by atoms with E-state index in [1.807, 2.05) is 64.5 Å². The van der Waals surface area contributed by atoms with Crippen LogP contribution in [0.1, 0.15) is 16.1 Å². The molecule has 0 spiro atoms. The van der Waals surface area contributed by atoms with Crippen LogP contribution in [0.15, 0.2) is 60.1 Å². The van der Waals surface area contributed by atoms with E-state index in [2.05, 4.69) is 10.3 Å². The summed E-state index contributed by atoms with van der Waals surface area (Å²) in [6.07, 6.45) is 2.60. The molecule has 0 aliphatic carbocycles. The molecule has 148 valence electrons. The van der Waals surface area contributed by atoms with Crippen molar-refractivity contribution in [2.75, 3.05) is 20.8 Å². The van der Waals surface area contributed by atoms with Gasteiger partial charge in [-0.3, -0.25) is 9.20 Å². The number of aromatic nitrogens is 2. The molecule has 0 unspecified atom stereocenters. The van der Waals surface area contributed by atoms with Crippen molar-refractivity contribution >= 4 is 22.2 Å². The Morgan fingerprint density at radius 1 is 1.10 bits per heavy atom. The van der Waals surface area contributed by atoms with Crippen molar-refractivity contribution in [3.63, 3.8) is 0 Å². The standard InChI is InChI=1S/C22H21N3O3S/c1-27-19-9-8-15(12-20(19)28-2)10-11-23-21(26)18-14-29-22-24-17(13-25(18)22)16-6-4-3-5-7-16/h3-9,12-14H,10-11H2,1-2H3,(H,23,26). The number of hydrogen-bond donors (Lipinski definition) is 1. The average molecular weight is 407 g/mol. The highest BCUT2D eigenvalue weighted by Crippen LogP contribution is 2.27. The molecule has 7 heteroatoms. The molecule has 4 aromatic rings. The van der Waals surface area contributed by atoms with Crippen molar-refractivity contribution < 1.29 is 14.3 Å². The molecule has 6 nitrogen and oxygen atoms in total. The monoisotopic (exact) mass is 407 g/mol. The van der Waals surface area contributed by atoms with Gasteiger partial charge in [0.15, 0.2) is 16.5 Å². The summed E-state index contributed by atoms with van der Waals surface area (Å²) in [6, 6.07) is 15.7. The molecule has 0 radical (unpaired) electrons. The number of methoxy groups -OCH3 is 2. The fourth-order valence-corrected chi connectivity index (χ4v) is 4.00. The summed E-state index contributed by atoms with van der Waals surface area (Å²) in [5.74, 6) is 1.26. The van der Waals surface area contributed by atoms with Gasteiger partial charge in [-0.25, -0.2) is 4.98 Å². The average Bonchev–Trinajstić information content (AvgIpc) is 3.35. The number of carbonyl (C=O) groups excluding carboxylic acids is 1. The van der Waals surface area contributed by atoms with Crippen LogP contribution in [0.25, 0.3) is 16.2 Å². The van der Waals surface area contributed by atoms with E-state index in [0.717, 1.165) is 21.8 Å². The van der Waals surface area contributed by atoms with E-state index in [1.54, 1.807) is 14.2 Å². The van der Waals surface area contributed by atoms with Crippen LogP contribution < -0.4 is 14.8 Å². The Kier molecular flexibility index (Phi) is 5.48. The zero-order valence-electron chi connectivity index (χ0n) is 16.2. The second kappa shape index (κ2) is 8.36. The minimum Gasteiger partial charge on any atom is -0.493 e. The molecule has 29 heavy (non-hydrogen) atoms. The first kappa shape index (κ1) is 19.0. The summed E-state index contributed by atoms with van der Waals surface area (Å²) in [5, 5.41) is 4.82. The Bertz CT molecular complexity index is 1130. The number of ether oxygens (including phenoxy) is 2. The molecule has 0 aliphatic rings. The Balaban J connectivity index is 1.44. The van der Waals surface area contributed by atoms with Crippen LogP contribution in [0, 0.1) is 0 Å². The minimum atomic E-state index is -0.117. The van der Waals surface area contributed by atoms with E-state index < -0.39 is 0 Å². The van der Waals surface area contributed by atoms with Crippen LogP contribution in [-0.4, -0.2) is 36.1 Å². The van der Waals surface area contributed by atoms with Gasteiger partial charge in [-0.1, -0.05) is 36.4 Å². The molecule has 1 amide bonds. The molecular formula is C22H21N3O3S. The maximum atomic E-state index is 12.7. The predicted molar refractivity (Wildman–Crippen MR) is 114 cm³/mol. The van der Waals surface area contributed by atoms with Crippen LogP contribution in [0.2, 0.25) is 0 Å². The first-order valence-electron chi connectivity index (χ1n) is 9.20. The largest absolute Gasteiger partial charge is 0.493 e. The zero-order chi connectivity index (χ0) is 20.2. The first-order valence-corrected chi connectivity index (χ1v) is 10.1. The van der Waals surface area contributed by atoms with Crippen molar-refractivity contribution in [3.05, 3.63) is 71.4 Å². The molecule has 0 aliphatic heterocycles. The van der Waals surface area contributed by atoms with E-state index in [-0.39, 0.29) is 5.91 Å². The van der Waals surface area contributed by atoms with E-state index in [0.29, 0.717) is 30.2 Å². The van der Waals surface area contributed by atoms with E-state index in [4.69, 9.17) is 9.47 Å². The van der Waals surface area contributed by atoms with Gasteiger partial charge in [-0.2, -0.15) is 0 Å². The van der Waals surface area contributed by atoms with Gasteiger partial charge in [0, 0.05) is 23.7 Å². The molecule has 2 aromatic heterocycles. The number of thiazole rings is 1. The summed E-state index contributed by atoms with van der Waals surface area (Å²) < 4.78 is 12.4. The third kappa shape index (κ3) is 3.95. The molecular weight excluding hydrogens is 386 g/mol. The number of nitrogens with zero attached hydrogens (tertiary/aromatic N) is 2. The van der Waals surface area contributed by atoms with Crippen LogP contribution in [0.5, 0.6) is 11.5 Å². The topological polar surface area (TPSA) is 64.9 Å². The molecule has 2 heterocycles. The number of carbonyl (C=O) groups is 1. The highest BCUT2D eigenvalue weighted by molar-refractivity contribution is 7.15. The Morgan fingerprint density at radius 2 is 1.90 bits per heavy atom. The fraction of sp³-hybridized carbons (Fsp3) is 0.182. The van der Waals surface area contributed by atoms with E-state index >= 15 is 0 Å². The quantitative estimate of drug-likeness (QED) is 0.502. The van der Waals surface area contributed by atoms with Crippen molar-refractivity contribution in [1.82, 2.24) is 14.7 Å². The lowest BCUT2D eigenvalue weighted by Gasteiger charge is -2.10. The van der Waals surface area contributed by atoms with Gasteiger partial charge in [0.2, 0.25) is 0 Å². The number of nitrogens with one attached hydrogen (secondary N) is 1. The van der Waals surface area contributed by atoms with E-state index in [1.165, 1.54) is 11.3 Å². The van der Waals surface area contributed by atoms with Crippen molar-refractivity contribution in [2.45, 2.75) is 6.42 Å². The first-order chi connectivity index (χ1) is 14.2. The molecule has 0 bridgehead atoms. The summed E-state index contributed by atoms with van der Waals surface area (Å²) in [5.41, 5.74) is 3.54. The third-order valence-electron chi connectivity index (χ3n) is 4.66. The lowest BCUT2D eigenvalue weighted by molar-refractivity contribution is 0.0948. The lowest BCUT2D eigenvalue weighted by atomic mass is 10.1.